The van der Waals surface area contributed by atoms with Gasteiger partial charge < -0.3 is 0 Å². The average Bonchev–Trinajstić information content (AvgIpc) is 2.75. The molecule has 3 aromatic carbocycles. The van der Waals surface area contributed by atoms with Gasteiger partial charge in [0.25, 0.3) is 5.91 Å². The predicted molar refractivity (Wildman–Crippen MR) is 136 cm³/mol. The zero-order valence-electron chi connectivity index (χ0n) is 20.3. The van der Waals surface area contributed by atoms with E-state index in [1.54, 1.807) is 13.8 Å². The Morgan fingerprint density at radius 1 is 0.853 bits per heavy atom. The number of hydrogen-bond acceptors (Lipinski definition) is 4. The van der Waals surface area contributed by atoms with Gasteiger partial charge in [-0.2, -0.15) is 9.41 Å². The monoisotopic (exact) mass is 477 g/mol. The first-order valence-electron chi connectivity index (χ1n) is 11.1. The van der Waals surface area contributed by atoms with Crippen LogP contribution in [0.1, 0.15) is 38.9 Å². The number of carbonyl (C=O) groups is 1. The van der Waals surface area contributed by atoms with Crippen molar-refractivity contribution in [1.82, 2.24) is 9.73 Å². The topological polar surface area (TPSA) is 78.8 Å². The second kappa shape index (κ2) is 10.8. The molecule has 7 heteroatoms. The van der Waals surface area contributed by atoms with Crippen molar-refractivity contribution in [3.05, 3.63) is 99.6 Å². The molecular weight excluding hydrogens is 446 g/mol. The molecule has 0 atom stereocenters. The third-order valence-corrected chi connectivity index (χ3v) is 7.58. The highest BCUT2D eigenvalue weighted by Crippen LogP contribution is 2.26. The summed E-state index contributed by atoms with van der Waals surface area (Å²) in [6.07, 6.45) is 1.53. The van der Waals surface area contributed by atoms with Gasteiger partial charge in [-0.05, 0) is 56.9 Å². The number of nitrogens with zero attached hydrogens (tertiary/aromatic N) is 2. The first-order chi connectivity index (χ1) is 16.1. The molecule has 3 rings (SSSR count). The van der Waals surface area contributed by atoms with Gasteiger partial charge in [0.05, 0.1) is 17.7 Å². The molecule has 178 valence electrons. The van der Waals surface area contributed by atoms with Crippen molar-refractivity contribution in [2.75, 3.05) is 6.54 Å². The van der Waals surface area contributed by atoms with Gasteiger partial charge in [0.2, 0.25) is 10.0 Å². The van der Waals surface area contributed by atoms with Gasteiger partial charge in [-0.1, -0.05) is 77.4 Å². The molecule has 1 amide bonds. The number of aryl methyl sites for hydroxylation is 5. The molecule has 0 fully saturated rings. The van der Waals surface area contributed by atoms with Gasteiger partial charge in [-0.15, -0.1) is 0 Å². The third-order valence-electron chi connectivity index (χ3n) is 5.48. The molecule has 0 unspecified atom stereocenters. The molecule has 0 saturated heterocycles. The van der Waals surface area contributed by atoms with E-state index in [-0.39, 0.29) is 18.0 Å². The highest BCUT2D eigenvalue weighted by atomic mass is 32.2. The summed E-state index contributed by atoms with van der Waals surface area (Å²) in [5.41, 5.74) is 8.59. The maximum atomic E-state index is 13.7. The van der Waals surface area contributed by atoms with E-state index in [1.165, 1.54) is 10.5 Å². The van der Waals surface area contributed by atoms with E-state index in [4.69, 9.17) is 0 Å². The fourth-order valence-electron chi connectivity index (χ4n) is 3.85. The number of carbonyl (C=O) groups excluding carboxylic acids is 1. The van der Waals surface area contributed by atoms with Crippen molar-refractivity contribution in [1.29, 1.82) is 0 Å². The van der Waals surface area contributed by atoms with E-state index < -0.39 is 15.9 Å². The Bertz CT molecular complexity index is 1270. The number of benzene rings is 3. The van der Waals surface area contributed by atoms with Crippen LogP contribution in [0.4, 0.5) is 0 Å². The largest absolute Gasteiger partial charge is 0.272 e. The second-order valence-electron chi connectivity index (χ2n) is 8.69. The van der Waals surface area contributed by atoms with Crippen LogP contribution in [0.2, 0.25) is 0 Å². The number of nitrogens with one attached hydrogen (secondary N) is 1. The highest BCUT2D eigenvalue weighted by Gasteiger charge is 2.30. The van der Waals surface area contributed by atoms with Gasteiger partial charge in [-0.3, -0.25) is 4.79 Å². The normalized spacial score (nSPS) is 11.8. The van der Waals surface area contributed by atoms with Crippen molar-refractivity contribution in [2.24, 2.45) is 5.10 Å². The molecule has 34 heavy (non-hydrogen) atoms. The summed E-state index contributed by atoms with van der Waals surface area (Å²) in [7, 11) is -3.94. The smallest absolute Gasteiger partial charge is 0.255 e. The van der Waals surface area contributed by atoms with Crippen molar-refractivity contribution in [3.63, 3.8) is 0 Å². The molecule has 0 radical (unpaired) electrons. The lowest BCUT2D eigenvalue weighted by Crippen LogP contribution is -2.39. The Kier molecular flexibility index (Phi) is 8.02. The minimum Gasteiger partial charge on any atom is -0.272 e. The summed E-state index contributed by atoms with van der Waals surface area (Å²) in [6, 6.07) is 19.0. The maximum Gasteiger partial charge on any atom is 0.255 e. The van der Waals surface area contributed by atoms with Gasteiger partial charge in [0.1, 0.15) is 0 Å². The molecular formula is C27H31N3O3S. The summed E-state index contributed by atoms with van der Waals surface area (Å²) in [5.74, 6) is -0.513. The highest BCUT2D eigenvalue weighted by molar-refractivity contribution is 7.89. The minimum atomic E-state index is -3.94. The van der Waals surface area contributed by atoms with E-state index >= 15 is 0 Å². The van der Waals surface area contributed by atoms with E-state index in [2.05, 4.69) is 10.5 Å². The Labute approximate surface area is 202 Å². The fourth-order valence-corrected chi connectivity index (χ4v) is 5.65. The van der Waals surface area contributed by atoms with Crippen LogP contribution in [-0.4, -0.2) is 31.4 Å². The molecule has 0 aliphatic rings. The SMILES string of the molecule is Cc1ccc(/C=N/NC(=O)CN(Cc2ccc(C)cc2)S(=O)(=O)c2c(C)cc(C)cc2C)cc1. The van der Waals surface area contributed by atoms with Crippen LogP contribution in [0.3, 0.4) is 0 Å². The number of rotatable bonds is 8. The van der Waals surface area contributed by atoms with Crippen LogP contribution < -0.4 is 5.43 Å². The summed E-state index contributed by atoms with van der Waals surface area (Å²) in [6.45, 7) is 9.17. The fraction of sp³-hybridized carbons (Fsp3) is 0.259. The van der Waals surface area contributed by atoms with Gasteiger partial charge >= 0.3 is 0 Å². The van der Waals surface area contributed by atoms with Crippen molar-refractivity contribution in [2.45, 2.75) is 46.1 Å². The molecule has 0 aliphatic heterocycles. The first kappa shape index (κ1) is 25.3. The van der Waals surface area contributed by atoms with Crippen LogP contribution >= 0.6 is 0 Å². The Hall–Kier alpha value is -3.29. The second-order valence-corrected chi connectivity index (χ2v) is 10.6. The lowest BCUT2D eigenvalue weighted by molar-refractivity contribution is -0.121. The van der Waals surface area contributed by atoms with Gasteiger partial charge in [0, 0.05) is 6.54 Å². The van der Waals surface area contributed by atoms with Gasteiger partial charge in [-0.25, -0.2) is 13.8 Å². The van der Waals surface area contributed by atoms with Crippen molar-refractivity contribution >= 4 is 22.1 Å². The molecule has 3 aromatic rings. The van der Waals surface area contributed by atoms with Crippen LogP contribution in [0.5, 0.6) is 0 Å². The van der Waals surface area contributed by atoms with Crippen LogP contribution in [0.25, 0.3) is 0 Å². The molecule has 6 nitrogen and oxygen atoms in total. The summed E-state index contributed by atoms with van der Waals surface area (Å²) >= 11 is 0. The van der Waals surface area contributed by atoms with Gasteiger partial charge in [0.15, 0.2) is 0 Å². The summed E-state index contributed by atoms with van der Waals surface area (Å²) in [4.78, 5) is 13.0. The number of amides is 1. The lowest BCUT2D eigenvalue weighted by Gasteiger charge is -2.24. The molecule has 0 aliphatic carbocycles. The van der Waals surface area contributed by atoms with Crippen LogP contribution in [0, 0.1) is 34.6 Å². The van der Waals surface area contributed by atoms with E-state index in [0.29, 0.717) is 11.1 Å². The zero-order valence-corrected chi connectivity index (χ0v) is 21.1. The summed E-state index contributed by atoms with van der Waals surface area (Å²) in [5, 5.41) is 4.00. The Morgan fingerprint density at radius 2 is 1.38 bits per heavy atom. The van der Waals surface area contributed by atoms with Crippen molar-refractivity contribution < 1.29 is 13.2 Å². The minimum absolute atomic E-state index is 0.0739. The van der Waals surface area contributed by atoms with Crippen LogP contribution in [0.15, 0.2) is 70.7 Å². The number of hydrazone groups is 1. The average molecular weight is 478 g/mol. The lowest BCUT2D eigenvalue weighted by atomic mass is 10.1. The Morgan fingerprint density at radius 3 is 1.94 bits per heavy atom. The molecule has 0 spiro atoms. The van der Waals surface area contributed by atoms with E-state index in [0.717, 1.165) is 27.8 Å². The molecule has 1 N–H and O–H groups in total. The molecule has 0 saturated carbocycles. The van der Waals surface area contributed by atoms with E-state index in [1.807, 2.05) is 81.4 Å². The number of hydrogen-bond donors (Lipinski definition) is 1. The molecule has 0 aromatic heterocycles. The standard InChI is InChI=1S/C27H31N3O3S/c1-19-6-10-24(11-7-19)16-28-29-26(31)18-30(17-25-12-8-20(2)9-13-25)34(32,33)27-22(4)14-21(3)15-23(27)5/h6-16H,17-18H2,1-5H3,(H,29,31)/b28-16+. The Balaban J connectivity index is 1.86. The van der Waals surface area contributed by atoms with E-state index in [9.17, 15) is 13.2 Å². The van der Waals surface area contributed by atoms with Crippen molar-refractivity contribution in [3.8, 4) is 0 Å². The zero-order chi connectivity index (χ0) is 24.9. The van der Waals surface area contributed by atoms with Crippen LogP contribution in [-0.2, 0) is 21.4 Å². The predicted octanol–water partition coefficient (Wildman–Crippen LogP) is 4.57. The first-order valence-corrected chi connectivity index (χ1v) is 12.5. The molecule has 0 bridgehead atoms. The number of sulfonamides is 1. The quantitative estimate of drug-likeness (QED) is 0.381. The maximum absolute atomic E-state index is 13.7. The summed E-state index contributed by atoms with van der Waals surface area (Å²) < 4.78 is 28.7. The molecule has 0 heterocycles. The third kappa shape index (κ3) is 6.40.